The van der Waals surface area contributed by atoms with Crippen molar-refractivity contribution in [3.63, 3.8) is 0 Å². The van der Waals surface area contributed by atoms with Crippen LogP contribution in [0, 0.1) is 6.92 Å². The van der Waals surface area contributed by atoms with Gasteiger partial charge in [0, 0.05) is 5.56 Å². The molecule has 2 rings (SSSR count). The largest absolute Gasteiger partial charge is 0.386 e. The highest BCUT2D eigenvalue weighted by atomic mass is 19.3. The van der Waals surface area contributed by atoms with Crippen LogP contribution in [-0.4, -0.2) is 40.4 Å². The summed E-state index contributed by atoms with van der Waals surface area (Å²) in [7, 11) is 0. The Hall–Kier alpha value is -2.48. The number of amides is 1. The second kappa shape index (κ2) is 7.87. The average molecular weight is 339 g/mol. The maximum absolute atomic E-state index is 13.0. The number of halogens is 3. The molecule has 2 atom stereocenters. The molecule has 1 aromatic heterocycles. The molecule has 5 nitrogen and oxygen atoms in total. The predicted molar refractivity (Wildman–Crippen MR) is 81.1 cm³/mol. The van der Waals surface area contributed by atoms with E-state index < -0.39 is 31.2 Å². The smallest absolute Gasteiger partial charge is 0.315 e. The highest BCUT2D eigenvalue weighted by Crippen LogP contribution is 2.22. The Labute approximate surface area is 136 Å². The van der Waals surface area contributed by atoms with E-state index in [1.165, 1.54) is 12.1 Å². The molecule has 0 radical (unpaired) electrons. The molecule has 0 aliphatic heterocycles. The molecule has 0 aliphatic rings. The molecule has 0 spiro atoms. The van der Waals surface area contributed by atoms with E-state index in [-0.39, 0.29) is 5.56 Å². The van der Waals surface area contributed by atoms with Gasteiger partial charge in [0.25, 0.3) is 5.91 Å². The maximum atomic E-state index is 13.0. The Balaban J connectivity index is 2.13. The number of alkyl halides is 3. The lowest BCUT2D eigenvalue weighted by molar-refractivity contribution is -0.133. The summed E-state index contributed by atoms with van der Waals surface area (Å²) in [5.74, 6) is -1.62. The third-order valence-corrected chi connectivity index (χ3v) is 3.42. The Bertz CT molecular complexity index is 678. The number of aliphatic hydroxyl groups excluding tert-OH is 1. The third kappa shape index (κ3) is 4.29. The van der Waals surface area contributed by atoms with Crippen LogP contribution in [0.3, 0.4) is 0 Å². The summed E-state index contributed by atoms with van der Waals surface area (Å²) in [6.45, 7) is 0.631. The van der Waals surface area contributed by atoms with Gasteiger partial charge in [-0.25, -0.2) is 4.39 Å². The van der Waals surface area contributed by atoms with E-state index in [2.05, 4.69) is 10.2 Å². The SMILES string of the molecule is Cc1ccc(-c2ccc([C@@H](O)[C@@H](CF)NC(=O)C(F)F)cc2)nn1. The molecule has 0 bridgehead atoms. The highest BCUT2D eigenvalue weighted by Gasteiger charge is 2.26. The first-order valence-corrected chi connectivity index (χ1v) is 7.15. The van der Waals surface area contributed by atoms with Gasteiger partial charge in [-0.2, -0.15) is 19.0 Å². The van der Waals surface area contributed by atoms with Gasteiger partial charge in [0.05, 0.1) is 17.4 Å². The van der Waals surface area contributed by atoms with Gasteiger partial charge in [-0.05, 0) is 24.6 Å². The first-order valence-electron chi connectivity index (χ1n) is 7.15. The normalized spacial score (nSPS) is 13.6. The van der Waals surface area contributed by atoms with Crippen molar-refractivity contribution in [2.75, 3.05) is 6.67 Å². The fourth-order valence-electron chi connectivity index (χ4n) is 2.08. The van der Waals surface area contributed by atoms with Crippen LogP contribution in [0.4, 0.5) is 13.2 Å². The lowest BCUT2D eigenvalue weighted by Gasteiger charge is -2.21. The summed E-state index contributed by atoms with van der Waals surface area (Å²) in [6.07, 6.45) is -4.72. The van der Waals surface area contributed by atoms with Gasteiger partial charge in [-0.15, -0.1) is 0 Å². The molecule has 24 heavy (non-hydrogen) atoms. The molecule has 0 saturated heterocycles. The predicted octanol–water partition coefficient (Wildman–Crippen LogP) is 2.20. The molecular formula is C16H16F3N3O2. The summed E-state index contributed by atoms with van der Waals surface area (Å²) in [4.78, 5) is 11.0. The number of hydrogen-bond donors (Lipinski definition) is 2. The van der Waals surface area contributed by atoms with Crippen LogP contribution >= 0.6 is 0 Å². The number of rotatable bonds is 6. The van der Waals surface area contributed by atoms with E-state index in [0.29, 0.717) is 5.69 Å². The van der Waals surface area contributed by atoms with Crippen LogP contribution in [0.15, 0.2) is 36.4 Å². The third-order valence-electron chi connectivity index (χ3n) is 3.42. The molecule has 0 fully saturated rings. The number of benzene rings is 1. The van der Waals surface area contributed by atoms with Crippen molar-refractivity contribution in [3.05, 3.63) is 47.7 Å². The van der Waals surface area contributed by atoms with E-state index in [1.54, 1.807) is 36.5 Å². The molecule has 0 saturated carbocycles. The second-order valence-corrected chi connectivity index (χ2v) is 5.20. The van der Waals surface area contributed by atoms with Crippen LogP contribution in [0.5, 0.6) is 0 Å². The number of aryl methyl sites for hydroxylation is 1. The molecule has 1 aromatic carbocycles. The zero-order valence-corrected chi connectivity index (χ0v) is 12.8. The lowest BCUT2D eigenvalue weighted by atomic mass is 10.0. The first kappa shape index (κ1) is 17.9. The number of nitrogens with zero attached hydrogens (tertiary/aromatic N) is 2. The molecule has 0 aliphatic carbocycles. The molecule has 8 heteroatoms. The summed E-state index contributed by atoms with van der Waals surface area (Å²) in [5, 5.41) is 19.8. The van der Waals surface area contributed by atoms with E-state index in [4.69, 9.17) is 0 Å². The van der Waals surface area contributed by atoms with Gasteiger partial charge in [-0.3, -0.25) is 4.79 Å². The summed E-state index contributed by atoms with van der Waals surface area (Å²) >= 11 is 0. The second-order valence-electron chi connectivity index (χ2n) is 5.20. The van der Waals surface area contributed by atoms with Crippen LogP contribution in [0.25, 0.3) is 11.3 Å². The van der Waals surface area contributed by atoms with Crippen molar-refractivity contribution in [1.29, 1.82) is 0 Å². The first-order chi connectivity index (χ1) is 11.4. The van der Waals surface area contributed by atoms with Crippen LogP contribution < -0.4 is 5.32 Å². The fourth-order valence-corrected chi connectivity index (χ4v) is 2.08. The van der Waals surface area contributed by atoms with E-state index in [0.717, 1.165) is 11.3 Å². The average Bonchev–Trinajstić information content (AvgIpc) is 2.59. The van der Waals surface area contributed by atoms with Crippen molar-refractivity contribution in [3.8, 4) is 11.3 Å². The maximum Gasteiger partial charge on any atom is 0.315 e. The van der Waals surface area contributed by atoms with Gasteiger partial charge in [0.1, 0.15) is 12.8 Å². The molecule has 0 unspecified atom stereocenters. The van der Waals surface area contributed by atoms with Gasteiger partial charge >= 0.3 is 6.43 Å². The fraction of sp³-hybridized carbons (Fsp3) is 0.312. The van der Waals surface area contributed by atoms with Gasteiger partial charge in [0.15, 0.2) is 0 Å². The Morgan fingerprint density at radius 2 is 1.83 bits per heavy atom. The topological polar surface area (TPSA) is 75.1 Å². The molecule has 1 heterocycles. The number of aliphatic hydroxyl groups is 1. The van der Waals surface area contributed by atoms with Gasteiger partial charge < -0.3 is 10.4 Å². The minimum Gasteiger partial charge on any atom is -0.386 e. The zero-order valence-electron chi connectivity index (χ0n) is 12.8. The number of carbonyl (C=O) groups excluding carboxylic acids is 1. The number of nitrogens with one attached hydrogen (secondary N) is 1. The van der Waals surface area contributed by atoms with Crippen LogP contribution in [0.2, 0.25) is 0 Å². The van der Waals surface area contributed by atoms with Crippen molar-refractivity contribution in [2.24, 2.45) is 0 Å². The minimum absolute atomic E-state index is 0.288. The van der Waals surface area contributed by atoms with Crippen molar-refractivity contribution < 1.29 is 23.1 Å². The Kier molecular flexibility index (Phi) is 5.86. The Morgan fingerprint density at radius 3 is 2.33 bits per heavy atom. The van der Waals surface area contributed by atoms with Crippen LogP contribution in [-0.2, 0) is 4.79 Å². The number of aromatic nitrogens is 2. The molecule has 2 N–H and O–H groups in total. The molecule has 2 aromatic rings. The molecule has 1 amide bonds. The molecular weight excluding hydrogens is 323 g/mol. The number of hydrogen-bond acceptors (Lipinski definition) is 4. The van der Waals surface area contributed by atoms with Crippen LogP contribution in [0.1, 0.15) is 17.4 Å². The minimum atomic E-state index is -3.27. The van der Waals surface area contributed by atoms with Crippen molar-refractivity contribution in [1.82, 2.24) is 15.5 Å². The zero-order chi connectivity index (χ0) is 17.7. The molecule has 128 valence electrons. The van der Waals surface area contributed by atoms with E-state index in [9.17, 15) is 23.1 Å². The van der Waals surface area contributed by atoms with Gasteiger partial charge in [0.2, 0.25) is 0 Å². The summed E-state index contributed by atoms with van der Waals surface area (Å²) < 4.78 is 37.4. The monoisotopic (exact) mass is 339 g/mol. The van der Waals surface area contributed by atoms with E-state index in [1.807, 2.05) is 0 Å². The lowest BCUT2D eigenvalue weighted by Crippen LogP contribution is -2.43. The highest BCUT2D eigenvalue weighted by molar-refractivity contribution is 5.79. The Morgan fingerprint density at radius 1 is 1.17 bits per heavy atom. The summed E-state index contributed by atoms with van der Waals surface area (Å²) in [5.41, 5.74) is 2.41. The van der Waals surface area contributed by atoms with Crippen molar-refractivity contribution in [2.45, 2.75) is 25.5 Å². The summed E-state index contributed by atoms with van der Waals surface area (Å²) in [6, 6.07) is 8.43. The van der Waals surface area contributed by atoms with E-state index >= 15 is 0 Å². The van der Waals surface area contributed by atoms with Crippen molar-refractivity contribution >= 4 is 5.91 Å². The standard InChI is InChI=1S/C16H16F3N3O2/c1-9-2-7-12(22-21-9)10-3-5-11(6-4-10)14(23)13(8-17)20-16(24)15(18)19/h2-7,13-15,23H,8H2,1H3,(H,20,24)/t13-,14-/m1/s1. The number of carbonyl (C=O) groups is 1. The van der Waals surface area contributed by atoms with Gasteiger partial charge in [-0.1, -0.05) is 24.3 Å². The quantitative estimate of drug-likeness (QED) is 0.846.